The Hall–Kier alpha value is -7.42. The molecule has 3 aromatic carbocycles. The number of amides is 2. The van der Waals surface area contributed by atoms with E-state index in [4.69, 9.17) is 74.9 Å². The molecular formula is C62H59Cl4N3O12S3. The molecule has 6 heterocycles. The first-order valence-corrected chi connectivity index (χ1v) is 29.9. The molecule has 0 spiro atoms. The summed E-state index contributed by atoms with van der Waals surface area (Å²) in [7, 11) is 0. The van der Waals surface area contributed by atoms with E-state index in [1.54, 1.807) is 118 Å². The number of nitrogen functional groups attached to an aromatic ring is 1. The van der Waals surface area contributed by atoms with Crippen LogP contribution in [0.4, 0.5) is 15.0 Å². The van der Waals surface area contributed by atoms with Gasteiger partial charge in [-0.05, 0) is 143 Å². The summed E-state index contributed by atoms with van der Waals surface area (Å²) in [4.78, 5) is 71.7. The summed E-state index contributed by atoms with van der Waals surface area (Å²) in [5.41, 5.74) is 10.0. The van der Waals surface area contributed by atoms with Crippen molar-refractivity contribution in [2.24, 2.45) is 0 Å². The molecule has 0 aliphatic carbocycles. The number of ether oxygens (including phenoxy) is 2. The molecule has 22 heteroatoms. The normalized spacial score (nSPS) is 10.9. The van der Waals surface area contributed by atoms with Crippen LogP contribution in [0.5, 0.6) is 0 Å². The van der Waals surface area contributed by atoms with Crippen molar-refractivity contribution in [3.63, 3.8) is 0 Å². The SMILES string of the molecule is CC(C)(C)OC(=O)c1c(-c2ccc(Cl)cc2)csc1N.CC(C)(C)OC(=O)c1c(-c2ccc(Cl)cc2)csc1NC(=O)CCc1ccco1.O=C(CCc1ccco1)Nc1scc(-c2ccc(Cl)cc2)c1C(=O)O.O=C(Cl)CCc1ccco1. The van der Waals surface area contributed by atoms with Crippen LogP contribution in [-0.2, 0) is 43.1 Å². The fourth-order valence-corrected chi connectivity index (χ4v) is 10.8. The Kier molecular flexibility index (Phi) is 24.2. The van der Waals surface area contributed by atoms with Crippen molar-refractivity contribution in [2.45, 2.75) is 91.3 Å². The van der Waals surface area contributed by atoms with Crippen molar-refractivity contribution in [3.05, 3.63) is 193 Å². The Bertz CT molecular complexity index is 3600. The third kappa shape index (κ3) is 20.7. The number of furan rings is 3. The number of esters is 2. The first-order valence-electron chi connectivity index (χ1n) is 25.8. The number of thiophene rings is 3. The van der Waals surface area contributed by atoms with Crippen LogP contribution >= 0.6 is 80.4 Å². The van der Waals surface area contributed by atoms with Crippen molar-refractivity contribution in [1.29, 1.82) is 0 Å². The zero-order valence-corrected chi connectivity index (χ0v) is 51.8. The number of carboxylic acids is 1. The highest BCUT2D eigenvalue weighted by molar-refractivity contribution is 7.16. The molecule has 0 atom stereocenters. The van der Waals surface area contributed by atoms with Crippen molar-refractivity contribution in [1.82, 2.24) is 0 Å². The monoisotopic (exact) mass is 1270 g/mol. The molecule has 0 unspecified atom stereocenters. The van der Waals surface area contributed by atoms with E-state index in [0.717, 1.165) is 33.8 Å². The lowest BCUT2D eigenvalue weighted by Gasteiger charge is -2.20. The summed E-state index contributed by atoms with van der Waals surface area (Å²) in [6.07, 6.45) is 7.03. The Morgan fingerprint density at radius 1 is 0.500 bits per heavy atom. The van der Waals surface area contributed by atoms with Gasteiger partial charge in [0.05, 0.1) is 18.8 Å². The molecule has 0 saturated carbocycles. The van der Waals surface area contributed by atoms with Crippen LogP contribution in [0.1, 0.15) is 109 Å². The van der Waals surface area contributed by atoms with Crippen LogP contribution in [0.15, 0.2) is 157 Å². The van der Waals surface area contributed by atoms with Crippen LogP contribution in [0.3, 0.4) is 0 Å². The molecule has 0 aliphatic rings. The number of benzene rings is 3. The number of aromatic carboxylic acids is 1. The van der Waals surface area contributed by atoms with Gasteiger partial charge >= 0.3 is 17.9 Å². The lowest BCUT2D eigenvalue weighted by Crippen LogP contribution is -2.25. The average Bonchev–Trinajstić information content (AvgIpc) is 2.96. The lowest BCUT2D eigenvalue weighted by atomic mass is 10.0. The van der Waals surface area contributed by atoms with E-state index >= 15 is 0 Å². The number of hydrogen-bond donors (Lipinski definition) is 4. The topological polar surface area (TPSA) is 231 Å². The predicted molar refractivity (Wildman–Crippen MR) is 335 cm³/mol. The van der Waals surface area contributed by atoms with Crippen LogP contribution in [0.25, 0.3) is 33.4 Å². The van der Waals surface area contributed by atoms with Gasteiger partial charge in [0.1, 0.15) is 60.2 Å². The second kappa shape index (κ2) is 30.9. The smallest absolute Gasteiger partial charge is 0.342 e. The second-order valence-corrected chi connectivity index (χ2v) is 24.5. The van der Waals surface area contributed by atoms with E-state index < -0.39 is 29.1 Å². The quantitative estimate of drug-likeness (QED) is 0.0492. The highest BCUT2D eigenvalue weighted by Crippen LogP contribution is 2.39. The summed E-state index contributed by atoms with van der Waals surface area (Å²) >= 11 is 26.7. The number of carbonyl (C=O) groups excluding carboxylic acids is 5. The fourth-order valence-electron chi connectivity index (χ4n) is 7.52. The highest BCUT2D eigenvalue weighted by Gasteiger charge is 2.28. The Balaban J connectivity index is 0.000000189. The third-order valence-corrected chi connectivity index (χ3v) is 14.8. The van der Waals surface area contributed by atoms with Crippen molar-refractivity contribution < 1.29 is 56.6 Å². The number of rotatable bonds is 17. The van der Waals surface area contributed by atoms with Crippen molar-refractivity contribution in [2.75, 3.05) is 16.4 Å². The van der Waals surface area contributed by atoms with Gasteiger partial charge in [-0.1, -0.05) is 71.2 Å². The van der Waals surface area contributed by atoms with Gasteiger partial charge in [-0.25, -0.2) is 14.4 Å². The molecule has 440 valence electrons. The number of nitrogens with two attached hydrogens (primary N) is 1. The van der Waals surface area contributed by atoms with Crippen LogP contribution in [0, 0.1) is 0 Å². The van der Waals surface area contributed by atoms with E-state index in [1.165, 1.54) is 34.0 Å². The van der Waals surface area contributed by atoms with E-state index in [1.807, 2.05) is 67.9 Å². The minimum atomic E-state index is -1.09. The maximum absolute atomic E-state index is 12.9. The summed E-state index contributed by atoms with van der Waals surface area (Å²) in [5, 5.41) is 23.3. The number of nitrogens with one attached hydrogen (secondary N) is 2. The van der Waals surface area contributed by atoms with Gasteiger partial charge in [-0.3, -0.25) is 14.4 Å². The first-order chi connectivity index (χ1) is 39.8. The average molecular weight is 1280 g/mol. The number of anilines is 3. The van der Waals surface area contributed by atoms with Gasteiger partial charge in [-0.15, -0.1) is 34.0 Å². The Morgan fingerprint density at radius 2 is 0.833 bits per heavy atom. The van der Waals surface area contributed by atoms with Crippen LogP contribution in [0.2, 0.25) is 15.1 Å². The standard InChI is InChI=1S/C22H22ClNO4S.C18H14ClNO4S.C15H16ClNO2S.C7H7ClO2/c1-22(2,3)28-21(26)19-17(14-6-8-15(23)9-7-14)13-29-20(19)24-18(25)11-10-16-5-4-12-27-16;19-12-5-3-11(4-6-12)14-10-25-17(16(14)18(22)23)20-15(21)8-7-13-2-1-9-24-13;1-15(2,3)19-14(18)12-11(8-20-13(12)17)9-4-6-10(16)7-5-9;8-7(9)4-3-6-2-1-5-10-6/h4-9,12-13H,10-11H2,1-3H3,(H,24,25);1-6,9-10H,7-8H2,(H,20,21)(H,22,23);4-8H,17H2,1-3H3;1-2,5H,3-4H2. The highest BCUT2D eigenvalue weighted by atomic mass is 35.5. The summed E-state index contributed by atoms with van der Waals surface area (Å²) < 4.78 is 26.4. The van der Waals surface area contributed by atoms with Crippen molar-refractivity contribution in [3.8, 4) is 33.4 Å². The van der Waals surface area contributed by atoms with E-state index in [2.05, 4.69) is 10.6 Å². The molecule has 84 heavy (non-hydrogen) atoms. The lowest BCUT2D eigenvalue weighted by molar-refractivity contribution is -0.117. The minimum absolute atomic E-state index is 0.0821. The molecule has 9 rings (SSSR count). The van der Waals surface area contributed by atoms with Gasteiger partial charge in [-0.2, -0.15) is 0 Å². The van der Waals surface area contributed by atoms with Crippen LogP contribution < -0.4 is 16.4 Å². The number of carbonyl (C=O) groups is 6. The Morgan fingerprint density at radius 3 is 1.18 bits per heavy atom. The second-order valence-electron chi connectivity index (χ2n) is 20.1. The number of halogens is 4. The van der Waals surface area contributed by atoms with E-state index in [0.29, 0.717) is 83.8 Å². The molecule has 2 amide bonds. The summed E-state index contributed by atoms with van der Waals surface area (Å²) in [5.74, 6) is -0.186. The maximum atomic E-state index is 12.9. The molecule has 5 N–H and O–H groups in total. The zero-order chi connectivity index (χ0) is 61.1. The number of aryl methyl sites for hydroxylation is 3. The number of hydrogen-bond acceptors (Lipinski definition) is 15. The number of carboxylic acid groups (broad SMARTS) is 1. The van der Waals surface area contributed by atoms with Gasteiger partial charge in [0.15, 0.2) is 0 Å². The van der Waals surface area contributed by atoms with Gasteiger partial charge < -0.3 is 44.2 Å². The van der Waals surface area contributed by atoms with Gasteiger partial charge in [0.25, 0.3) is 0 Å². The van der Waals surface area contributed by atoms with E-state index in [9.17, 15) is 33.9 Å². The molecule has 0 fully saturated rings. The maximum Gasteiger partial charge on any atom is 0.342 e. The first kappa shape index (κ1) is 65.7. The molecular weight excluding hydrogens is 1220 g/mol. The molecule has 0 saturated heterocycles. The largest absolute Gasteiger partial charge is 0.478 e. The summed E-state index contributed by atoms with van der Waals surface area (Å²) in [6, 6.07) is 32.1. The Labute approximate surface area is 517 Å². The molecule has 15 nitrogen and oxygen atoms in total. The predicted octanol–water partition coefficient (Wildman–Crippen LogP) is 17.7. The molecule has 0 radical (unpaired) electrons. The molecule has 0 bridgehead atoms. The van der Waals surface area contributed by atoms with Crippen molar-refractivity contribution >= 4 is 130 Å². The molecule has 9 aromatic rings. The van der Waals surface area contributed by atoms with Crippen LogP contribution in [-0.4, -0.2) is 51.3 Å². The van der Waals surface area contributed by atoms with E-state index in [-0.39, 0.29) is 35.5 Å². The summed E-state index contributed by atoms with van der Waals surface area (Å²) in [6.45, 7) is 10.9. The van der Waals surface area contributed by atoms with Gasteiger partial charge in [0.2, 0.25) is 17.1 Å². The van der Waals surface area contributed by atoms with Gasteiger partial charge in [0, 0.05) is 86.4 Å². The molecule has 6 aromatic heterocycles. The zero-order valence-electron chi connectivity index (χ0n) is 46.4. The minimum Gasteiger partial charge on any atom is -0.478 e. The molecule has 0 aliphatic heterocycles. The third-order valence-electron chi connectivity index (χ3n) is 11.3. The fraction of sp³-hybridized carbons (Fsp3) is 0.226.